The first-order chi connectivity index (χ1) is 27.1. The van der Waals surface area contributed by atoms with E-state index in [9.17, 15) is 44.1 Å². The third kappa shape index (κ3) is 7.30. The van der Waals surface area contributed by atoms with E-state index >= 15 is 0 Å². The number of halogens is 1. The number of Topliss-reactive ketones (excluding diaryl/α,β-unsaturated/α-hetero) is 1. The van der Waals surface area contributed by atoms with Crippen LogP contribution in [0.25, 0.3) is 0 Å². The number of aliphatic carboxylic acids is 1. The highest BCUT2D eigenvalue weighted by Gasteiger charge is 2.76. The number of carbonyl (C=O) groups excluding carboxylic acids is 5. The molecule has 3 saturated carbocycles. The number of aliphatic hydroxyl groups is 2. The van der Waals surface area contributed by atoms with Crippen LogP contribution in [0.5, 0.6) is 0 Å². The molecule has 6 aliphatic rings. The van der Waals surface area contributed by atoms with Crippen molar-refractivity contribution in [3.05, 3.63) is 59.2 Å². The van der Waals surface area contributed by atoms with Crippen LogP contribution in [-0.4, -0.2) is 112 Å². The third-order valence-electron chi connectivity index (χ3n) is 13.6. The summed E-state index contributed by atoms with van der Waals surface area (Å²) in [6, 6.07) is 6.19. The van der Waals surface area contributed by atoms with Crippen molar-refractivity contribution in [2.45, 2.75) is 94.5 Å². The van der Waals surface area contributed by atoms with Crippen LogP contribution in [0.3, 0.4) is 0 Å². The van der Waals surface area contributed by atoms with E-state index in [4.69, 9.17) is 14.2 Å². The highest BCUT2D eigenvalue weighted by Crippen LogP contribution is 2.70. The van der Waals surface area contributed by atoms with E-state index in [2.05, 4.69) is 38.8 Å². The lowest BCUT2D eigenvalue weighted by Gasteiger charge is -2.59. The van der Waals surface area contributed by atoms with Crippen molar-refractivity contribution < 1.29 is 58.3 Å². The number of ketones is 2. The molecule has 7 rings (SSSR count). The first kappa shape index (κ1) is 41.4. The van der Waals surface area contributed by atoms with Crippen molar-refractivity contribution in [1.82, 2.24) is 16.0 Å². The second kappa shape index (κ2) is 15.8. The van der Waals surface area contributed by atoms with Gasteiger partial charge in [0.05, 0.1) is 42.8 Å². The van der Waals surface area contributed by atoms with Crippen LogP contribution in [0.2, 0.25) is 0 Å². The van der Waals surface area contributed by atoms with Crippen LogP contribution in [0.1, 0.15) is 69.8 Å². The molecule has 1 aromatic rings. The molecule has 0 spiro atoms. The number of rotatable bonds is 14. The van der Waals surface area contributed by atoms with Crippen LogP contribution in [0, 0.1) is 28.6 Å². The molecule has 4 aliphatic carbocycles. The molecule has 1 aromatic carbocycles. The fourth-order valence-corrected chi connectivity index (χ4v) is 11.1. The molecule has 16 heteroatoms. The van der Waals surface area contributed by atoms with Crippen LogP contribution in [0.4, 0.5) is 0 Å². The number of hydrogen-bond acceptors (Lipinski definition) is 11. The Balaban J connectivity index is 1.05. The standard InChI is InChI=1S/C41H50BrN3O12/c1-38-12-11-25(47)13-24(38)7-8-26-27-14-31-41(30(49)19-46,39(27,2)16-29(48)35(26)38)57-37(56-31)23-5-3-22(4-6-23)15-40(20-55-21-40)45-36(54)28(9-10-34(52)53)44-33(51)18-43-32(50)17-42/h3-6,11-13,26-29,31,35,37,46,48H,7-10,14-21H2,1-2H3,(H,43,50)(H,44,51)(H,45,54)(H,52,53)/t26?,27-,28-,29-,31+,35+,37+,38-,39-,41+/m0/s1. The molecule has 0 radical (unpaired) electrons. The molecule has 308 valence electrons. The number of aliphatic hydroxyl groups excluding tert-OH is 2. The minimum Gasteiger partial charge on any atom is -0.481 e. The second-order valence-corrected chi connectivity index (χ2v) is 17.5. The maximum atomic E-state index is 13.9. The molecule has 6 N–H and O–H groups in total. The lowest BCUT2D eigenvalue weighted by atomic mass is 9.46. The molecule has 2 heterocycles. The summed E-state index contributed by atoms with van der Waals surface area (Å²) in [6.45, 7) is 3.33. The quantitative estimate of drug-likeness (QED) is 0.147. The predicted octanol–water partition coefficient (Wildman–Crippen LogP) is 1.58. The van der Waals surface area contributed by atoms with Gasteiger partial charge >= 0.3 is 5.97 Å². The molecule has 2 saturated heterocycles. The molecule has 1 unspecified atom stereocenters. The number of alkyl halides is 1. The lowest BCUT2D eigenvalue weighted by Crippen LogP contribution is -2.66. The summed E-state index contributed by atoms with van der Waals surface area (Å²) in [5, 5.41) is 39.4. The monoisotopic (exact) mass is 855 g/mol. The summed E-state index contributed by atoms with van der Waals surface area (Å²) in [7, 11) is 0. The molecule has 2 aliphatic heterocycles. The Bertz CT molecular complexity index is 1880. The van der Waals surface area contributed by atoms with Gasteiger partial charge in [-0.25, -0.2) is 0 Å². The smallest absolute Gasteiger partial charge is 0.303 e. The van der Waals surface area contributed by atoms with Gasteiger partial charge in [0.2, 0.25) is 17.7 Å². The van der Waals surface area contributed by atoms with Crippen LogP contribution in [0.15, 0.2) is 48.1 Å². The van der Waals surface area contributed by atoms with Gasteiger partial charge in [-0.05, 0) is 61.7 Å². The number of benzene rings is 1. The number of allylic oxidation sites excluding steroid dienone is 4. The zero-order valence-corrected chi connectivity index (χ0v) is 33.5. The number of carboxylic acids is 1. The van der Waals surface area contributed by atoms with Crippen molar-refractivity contribution >= 4 is 51.2 Å². The largest absolute Gasteiger partial charge is 0.481 e. The van der Waals surface area contributed by atoms with Crippen LogP contribution in [-0.2, 0) is 49.4 Å². The average Bonchev–Trinajstić information content (AvgIpc) is 3.67. The molecule has 3 amide bonds. The Morgan fingerprint density at radius 1 is 1.07 bits per heavy atom. The number of ether oxygens (including phenoxy) is 3. The van der Waals surface area contributed by atoms with E-state index in [1.807, 2.05) is 37.3 Å². The van der Waals surface area contributed by atoms with Gasteiger partial charge in [-0.3, -0.25) is 28.8 Å². The second-order valence-electron chi connectivity index (χ2n) is 17.0. The molecular formula is C41H50BrN3O12. The van der Waals surface area contributed by atoms with Crippen molar-refractivity contribution in [2.75, 3.05) is 31.7 Å². The highest BCUT2D eigenvalue weighted by atomic mass is 79.9. The fourth-order valence-electron chi connectivity index (χ4n) is 10.9. The SMILES string of the molecule is C[C@]12C=CC(=O)C=C1CCC1[C@@H]2[C@@H](O)C[C@@]2(C)[C@H]1C[C@H]1O[C@@H](c3ccc(CC4(NC(=O)[C@H](CCC(=O)O)NC(=O)CNC(=O)CBr)COC4)cc3)O[C@]12C(=O)CO. The van der Waals surface area contributed by atoms with Crippen LogP contribution < -0.4 is 16.0 Å². The van der Waals surface area contributed by atoms with E-state index < -0.39 is 82.6 Å². The number of fused-ring (bicyclic) bond motifs is 7. The third-order valence-corrected chi connectivity index (χ3v) is 14.1. The summed E-state index contributed by atoms with van der Waals surface area (Å²) in [4.78, 5) is 75.0. The Morgan fingerprint density at radius 2 is 1.81 bits per heavy atom. The first-order valence-electron chi connectivity index (χ1n) is 19.5. The summed E-state index contributed by atoms with van der Waals surface area (Å²) >= 11 is 2.99. The van der Waals surface area contributed by atoms with Gasteiger partial charge in [-0.1, -0.05) is 65.7 Å². The molecule has 15 nitrogen and oxygen atoms in total. The van der Waals surface area contributed by atoms with Crippen molar-refractivity contribution in [2.24, 2.45) is 28.6 Å². The predicted molar refractivity (Wildman–Crippen MR) is 204 cm³/mol. The van der Waals surface area contributed by atoms with Gasteiger partial charge in [0.1, 0.15) is 12.6 Å². The summed E-state index contributed by atoms with van der Waals surface area (Å²) in [5.41, 5.74) is -1.12. The Hall–Kier alpha value is -3.80. The summed E-state index contributed by atoms with van der Waals surface area (Å²) in [5.74, 6) is -3.44. The zero-order valence-electron chi connectivity index (χ0n) is 32.0. The number of carboxylic acid groups (broad SMARTS) is 1. The number of hydrogen-bond donors (Lipinski definition) is 6. The number of nitrogens with one attached hydrogen (secondary N) is 3. The van der Waals surface area contributed by atoms with Crippen molar-refractivity contribution in [3.63, 3.8) is 0 Å². The highest BCUT2D eigenvalue weighted by molar-refractivity contribution is 9.09. The van der Waals surface area contributed by atoms with Gasteiger partial charge in [-0.15, -0.1) is 0 Å². The topological polar surface area (TPSA) is 227 Å². The molecule has 0 aromatic heterocycles. The molecule has 0 bridgehead atoms. The van der Waals surface area contributed by atoms with Gasteiger partial charge in [0.25, 0.3) is 0 Å². The number of amides is 3. The normalized spacial score (nSPS) is 35.0. The van der Waals surface area contributed by atoms with Crippen molar-refractivity contribution in [3.8, 4) is 0 Å². The van der Waals surface area contributed by atoms with Gasteiger partial charge in [0.15, 0.2) is 23.5 Å². The molecule has 57 heavy (non-hydrogen) atoms. The number of carbonyl (C=O) groups is 6. The van der Waals surface area contributed by atoms with Crippen molar-refractivity contribution in [1.29, 1.82) is 0 Å². The average molecular weight is 857 g/mol. The van der Waals surface area contributed by atoms with Gasteiger partial charge < -0.3 is 45.5 Å². The maximum Gasteiger partial charge on any atom is 0.303 e. The zero-order chi connectivity index (χ0) is 40.9. The van der Waals surface area contributed by atoms with E-state index in [1.165, 1.54) is 0 Å². The first-order valence-corrected chi connectivity index (χ1v) is 20.6. The Labute approximate surface area is 338 Å². The minimum atomic E-state index is -1.49. The summed E-state index contributed by atoms with van der Waals surface area (Å²) < 4.78 is 18.8. The van der Waals surface area contributed by atoms with E-state index in [0.717, 1.165) is 17.6 Å². The van der Waals surface area contributed by atoms with E-state index in [-0.39, 0.29) is 67.9 Å². The molecular weight excluding hydrogens is 806 g/mol. The fraction of sp³-hybridized carbons (Fsp3) is 0.610. The van der Waals surface area contributed by atoms with E-state index in [1.54, 1.807) is 12.2 Å². The summed E-state index contributed by atoms with van der Waals surface area (Å²) in [6.07, 6.45) is 4.95. The van der Waals surface area contributed by atoms with Crippen LogP contribution >= 0.6 is 15.9 Å². The molecule has 5 fully saturated rings. The Kier molecular flexibility index (Phi) is 11.4. The van der Waals surface area contributed by atoms with Gasteiger partial charge in [0, 0.05) is 35.2 Å². The maximum absolute atomic E-state index is 13.9. The lowest BCUT2D eigenvalue weighted by molar-refractivity contribution is -0.201. The molecule has 10 atom stereocenters. The minimum absolute atomic E-state index is 0.00728. The van der Waals surface area contributed by atoms with E-state index in [0.29, 0.717) is 24.8 Å². The van der Waals surface area contributed by atoms with Gasteiger partial charge in [-0.2, -0.15) is 0 Å². The Morgan fingerprint density at radius 3 is 2.46 bits per heavy atom.